The SMILES string of the molecule is CCCCCCCCN(C)c1nc2c(OC)ccc(Br)c2o1.CCCCCCCCNC.CSc1nc2c(C)ccc(Br)c2o1.O. The Kier molecular flexibility index (Phi) is 22.4. The summed E-state index contributed by atoms with van der Waals surface area (Å²) in [5, 5.41) is 3.87. The second-order valence-corrected chi connectivity index (χ2v) is 13.7. The summed E-state index contributed by atoms with van der Waals surface area (Å²) in [6, 6.07) is 8.47. The molecule has 260 valence electrons. The Morgan fingerprint density at radius 3 is 1.93 bits per heavy atom. The van der Waals surface area contributed by atoms with Crippen LogP contribution in [0.1, 0.15) is 96.5 Å². The van der Waals surface area contributed by atoms with Crippen molar-refractivity contribution >= 4 is 71.8 Å². The summed E-state index contributed by atoms with van der Waals surface area (Å²) in [5.41, 5.74) is 4.43. The Hall–Kier alpha value is -1.79. The maximum atomic E-state index is 5.89. The van der Waals surface area contributed by atoms with Gasteiger partial charge in [0.15, 0.2) is 16.7 Å². The van der Waals surface area contributed by atoms with Crippen LogP contribution in [0.2, 0.25) is 0 Å². The van der Waals surface area contributed by atoms with Crippen LogP contribution in [0, 0.1) is 6.92 Å². The Morgan fingerprint density at radius 2 is 1.37 bits per heavy atom. The highest BCUT2D eigenvalue weighted by Gasteiger charge is 2.16. The van der Waals surface area contributed by atoms with Gasteiger partial charge in [0.2, 0.25) is 0 Å². The van der Waals surface area contributed by atoms with Gasteiger partial charge in [-0.05, 0) is 95.2 Å². The number of halogens is 2. The molecule has 2 aromatic heterocycles. The van der Waals surface area contributed by atoms with Crippen molar-refractivity contribution in [2.75, 3.05) is 45.5 Å². The van der Waals surface area contributed by atoms with Gasteiger partial charge in [0, 0.05) is 13.6 Å². The van der Waals surface area contributed by atoms with Crippen LogP contribution in [0.3, 0.4) is 0 Å². The summed E-state index contributed by atoms with van der Waals surface area (Å²) < 4.78 is 18.6. The highest BCUT2D eigenvalue weighted by molar-refractivity contribution is 9.11. The third-order valence-corrected chi connectivity index (χ3v) is 9.25. The second kappa shape index (κ2) is 24.4. The minimum atomic E-state index is 0. The number of nitrogens with one attached hydrogen (secondary N) is 1. The number of anilines is 1. The molecule has 0 fully saturated rings. The molecule has 0 amide bonds. The summed E-state index contributed by atoms with van der Waals surface area (Å²) >= 11 is 8.45. The van der Waals surface area contributed by atoms with Crippen molar-refractivity contribution in [3.63, 3.8) is 0 Å². The number of nitrogens with zero attached hydrogens (tertiary/aromatic N) is 3. The lowest BCUT2D eigenvalue weighted by molar-refractivity contribution is 0.419. The smallest absolute Gasteiger partial charge is 0.298 e. The summed E-state index contributed by atoms with van der Waals surface area (Å²) in [7, 11) is 5.69. The molecule has 0 aliphatic heterocycles. The molecule has 11 heteroatoms. The molecule has 2 heterocycles. The van der Waals surface area contributed by atoms with E-state index in [-0.39, 0.29) is 5.48 Å². The lowest BCUT2D eigenvalue weighted by atomic mass is 10.1. The van der Waals surface area contributed by atoms with Gasteiger partial charge in [-0.1, -0.05) is 95.9 Å². The lowest BCUT2D eigenvalue weighted by Gasteiger charge is -2.13. The molecular weight excluding hydrogens is 732 g/mol. The predicted molar refractivity (Wildman–Crippen MR) is 204 cm³/mol. The number of hydrogen-bond donors (Lipinski definition) is 1. The van der Waals surface area contributed by atoms with Crippen molar-refractivity contribution in [1.82, 2.24) is 15.3 Å². The first-order chi connectivity index (χ1) is 21.8. The van der Waals surface area contributed by atoms with Crippen LogP contribution < -0.4 is 15.0 Å². The molecule has 46 heavy (non-hydrogen) atoms. The van der Waals surface area contributed by atoms with E-state index in [4.69, 9.17) is 13.6 Å². The van der Waals surface area contributed by atoms with Gasteiger partial charge in [-0.2, -0.15) is 4.98 Å². The summed E-state index contributed by atoms with van der Waals surface area (Å²) in [6.45, 7) is 8.67. The molecule has 0 saturated heterocycles. The molecule has 4 rings (SSSR count). The first-order valence-corrected chi connectivity index (χ1v) is 19.2. The van der Waals surface area contributed by atoms with Crippen LogP contribution in [0.4, 0.5) is 6.01 Å². The zero-order chi connectivity index (χ0) is 33.0. The molecule has 8 nitrogen and oxygen atoms in total. The highest BCUT2D eigenvalue weighted by atomic mass is 79.9. The van der Waals surface area contributed by atoms with Crippen molar-refractivity contribution in [3.05, 3.63) is 38.8 Å². The largest absolute Gasteiger partial charge is 0.494 e. The van der Waals surface area contributed by atoms with Crippen molar-refractivity contribution < 1.29 is 19.0 Å². The predicted octanol–water partition coefficient (Wildman–Crippen LogP) is 10.8. The van der Waals surface area contributed by atoms with Crippen LogP contribution in [0.15, 0.2) is 47.3 Å². The third-order valence-electron chi connectivity index (χ3n) is 7.47. The molecule has 0 unspecified atom stereocenters. The highest BCUT2D eigenvalue weighted by Crippen LogP contribution is 2.34. The van der Waals surface area contributed by atoms with Crippen LogP contribution in [0.25, 0.3) is 22.2 Å². The number of ether oxygens (including phenoxy) is 1. The van der Waals surface area contributed by atoms with E-state index >= 15 is 0 Å². The van der Waals surface area contributed by atoms with Gasteiger partial charge in [0.1, 0.15) is 11.3 Å². The first-order valence-electron chi connectivity index (χ1n) is 16.4. The molecule has 0 spiro atoms. The average molecular weight is 789 g/mol. The maximum absolute atomic E-state index is 5.89. The molecule has 0 aliphatic rings. The second-order valence-electron chi connectivity index (χ2n) is 11.2. The number of unbranched alkanes of at least 4 members (excludes halogenated alkanes) is 10. The van der Waals surface area contributed by atoms with E-state index in [9.17, 15) is 0 Å². The van der Waals surface area contributed by atoms with Gasteiger partial charge >= 0.3 is 0 Å². The molecule has 0 saturated carbocycles. The van der Waals surface area contributed by atoms with E-state index in [2.05, 4.69) is 65.9 Å². The number of fused-ring (bicyclic) bond motifs is 2. The van der Waals surface area contributed by atoms with E-state index in [1.807, 2.05) is 51.5 Å². The maximum Gasteiger partial charge on any atom is 0.298 e. The fraction of sp³-hybridized carbons (Fsp3) is 0.600. The van der Waals surface area contributed by atoms with Crippen molar-refractivity contribution in [2.24, 2.45) is 0 Å². The van der Waals surface area contributed by atoms with Crippen molar-refractivity contribution in [3.8, 4) is 5.75 Å². The number of methoxy groups -OCH3 is 1. The number of benzene rings is 2. The van der Waals surface area contributed by atoms with E-state index in [1.165, 1.54) is 88.9 Å². The summed E-state index contributed by atoms with van der Waals surface area (Å²) in [6.07, 6.45) is 18.0. The number of aryl methyl sites for hydroxylation is 1. The van der Waals surface area contributed by atoms with E-state index in [0.29, 0.717) is 11.2 Å². The van der Waals surface area contributed by atoms with E-state index in [0.717, 1.165) is 55.4 Å². The summed E-state index contributed by atoms with van der Waals surface area (Å²) in [4.78, 5) is 11.0. The van der Waals surface area contributed by atoms with Crippen LogP contribution in [-0.4, -0.2) is 56.0 Å². The van der Waals surface area contributed by atoms with Crippen LogP contribution >= 0.6 is 43.6 Å². The van der Waals surface area contributed by atoms with E-state index < -0.39 is 0 Å². The van der Waals surface area contributed by atoms with Gasteiger partial charge < -0.3 is 29.3 Å². The van der Waals surface area contributed by atoms with Gasteiger partial charge in [-0.25, -0.2) is 4.98 Å². The quantitative estimate of drug-likeness (QED) is 0.0832. The minimum Gasteiger partial charge on any atom is -0.494 e. The number of hydrogen-bond acceptors (Lipinski definition) is 8. The Labute approximate surface area is 297 Å². The van der Waals surface area contributed by atoms with Gasteiger partial charge in [-0.3, -0.25) is 0 Å². The standard InChI is InChI=1S/C17H25BrN2O2.C9H8BrNOS.C9H21N.H2O/c1-4-5-6-7-8-9-12-20(2)17-19-15-14(21-3)11-10-13(18)16(15)22-17;1-5-3-4-6(10)8-7(5)11-9(12-8)13-2;1-3-4-5-6-7-8-9-10-2;/h10-11H,4-9,12H2,1-3H3;3-4H,1-2H3;10H,3-9H2,1-2H3;1H2. The minimum absolute atomic E-state index is 0. The third kappa shape index (κ3) is 14.1. The van der Waals surface area contributed by atoms with Gasteiger partial charge in [-0.15, -0.1) is 0 Å². The van der Waals surface area contributed by atoms with Crippen molar-refractivity contribution in [1.29, 1.82) is 0 Å². The number of oxazole rings is 2. The molecular formula is C35H56Br2N4O4S. The molecule has 0 radical (unpaired) electrons. The Morgan fingerprint density at radius 1 is 0.804 bits per heavy atom. The first kappa shape index (κ1) is 42.2. The number of aromatic nitrogens is 2. The Bertz CT molecular complexity index is 1330. The molecule has 3 N–H and O–H groups in total. The van der Waals surface area contributed by atoms with E-state index in [1.54, 1.807) is 7.11 Å². The molecule has 0 aliphatic carbocycles. The fourth-order valence-electron chi connectivity index (χ4n) is 4.75. The summed E-state index contributed by atoms with van der Waals surface area (Å²) in [5.74, 6) is 0.737. The Balaban J connectivity index is 0.000000375. The molecule has 2 aromatic carbocycles. The van der Waals surface area contributed by atoms with Gasteiger partial charge in [0.05, 0.1) is 16.1 Å². The molecule has 0 atom stereocenters. The van der Waals surface area contributed by atoms with Crippen LogP contribution in [-0.2, 0) is 0 Å². The van der Waals surface area contributed by atoms with Crippen LogP contribution in [0.5, 0.6) is 5.75 Å². The molecule has 4 aromatic rings. The lowest BCUT2D eigenvalue weighted by Crippen LogP contribution is -2.18. The van der Waals surface area contributed by atoms with Crippen molar-refractivity contribution in [2.45, 2.75) is 103 Å². The fourth-order valence-corrected chi connectivity index (χ4v) is 5.90. The topological polar surface area (TPSA) is 108 Å². The number of thioether (sulfide) groups is 1. The average Bonchev–Trinajstić information content (AvgIpc) is 3.70. The number of rotatable bonds is 17. The zero-order valence-corrected chi connectivity index (χ0v) is 32.9. The zero-order valence-electron chi connectivity index (χ0n) is 28.9. The normalized spacial score (nSPS) is 10.6. The monoisotopic (exact) mass is 786 g/mol. The molecule has 0 bridgehead atoms. The van der Waals surface area contributed by atoms with Gasteiger partial charge in [0.25, 0.3) is 11.2 Å².